The summed E-state index contributed by atoms with van der Waals surface area (Å²) in [5, 5.41) is 2.80. The Labute approximate surface area is 123 Å². The summed E-state index contributed by atoms with van der Waals surface area (Å²) in [5.41, 5.74) is 5.53. The van der Waals surface area contributed by atoms with Crippen molar-refractivity contribution in [3.8, 4) is 5.75 Å². The van der Waals surface area contributed by atoms with Crippen LogP contribution in [0.25, 0.3) is 0 Å². The lowest BCUT2D eigenvalue weighted by Crippen LogP contribution is -2.35. The van der Waals surface area contributed by atoms with Gasteiger partial charge in [-0.25, -0.2) is 4.39 Å². The lowest BCUT2D eigenvalue weighted by atomic mass is 10.1. The molecular formula is C13H18ClFN2O3. The number of amides is 1. The second kappa shape index (κ2) is 8.04. The predicted molar refractivity (Wildman–Crippen MR) is 74.9 cm³/mol. The van der Waals surface area contributed by atoms with Gasteiger partial charge in [-0.15, -0.1) is 12.4 Å². The van der Waals surface area contributed by atoms with Crippen LogP contribution in [0.15, 0.2) is 18.2 Å². The largest absolute Gasteiger partial charge is 0.491 e. The third kappa shape index (κ3) is 4.33. The zero-order valence-corrected chi connectivity index (χ0v) is 11.7. The molecule has 0 aliphatic carbocycles. The Bertz CT molecular complexity index is 453. The molecule has 3 N–H and O–H groups in total. The zero-order valence-electron chi connectivity index (χ0n) is 10.9. The van der Waals surface area contributed by atoms with E-state index in [-0.39, 0.29) is 36.5 Å². The number of carbonyl (C=O) groups is 1. The molecule has 0 spiro atoms. The van der Waals surface area contributed by atoms with Crippen LogP contribution in [0, 0.1) is 5.82 Å². The van der Waals surface area contributed by atoms with Crippen LogP contribution in [-0.2, 0) is 4.74 Å². The van der Waals surface area contributed by atoms with Crippen molar-refractivity contribution in [3.63, 3.8) is 0 Å². The number of ether oxygens (including phenoxy) is 2. The molecule has 0 aromatic heterocycles. The van der Waals surface area contributed by atoms with Gasteiger partial charge < -0.3 is 20.5 Å². The minimum atomic E-state index is -0.479. The van der Waals surface area contributed by atoms with E-state index < -0.39 is 5.82 Å². The Morgan fingerprint density at radius 2 is 2.35 bits per heavy atom. The van der Waals surface area contributed by atoms with Crippen LogP contribution >= 0.6 is 12.4 Å². The highest BCUT2D eigenvalue weighted by molar-refractivity contribution is 5.97. The van der Waals surface area contributed by atoms with Crippen molar-refractivity contribution in [1.29, 1.82) is 0 Å². The summed E-state index contributed by atoms with van der Waals surface area (Å²) in [4.78, 5) is 12.1. The Kier molecular flexibility index (Phi) is 6.70. The van der Waals surface area contributed by atoms with Gasteiger partial charge in [0.15, 0.2) is 0 Å². The van der Waals surface area contributed by atoms with E-state index in [9.17, 15) is 9.18 Å². The Balaban J connectivity index is 0.00000200. The summed E-state index contributed by atoms with van der Waals surface area (Å²) in [6, 6.07) is 3.82. The first-order valence-electron chi connectivity index (χ1n) is 6.21. The highest BCUT2D eigenvalue weighted by Crippen LogP contribution is 2.20. The van der Waals surface area contributed by atoms with Gasteiger partial charge in [-0.1, -0.05) is 0 Å². The second-order valence-electron chi connectivity index (χ2n) is 4.31. The van der Waals surface area contributed by atoms with Crippen LogP contribution in [0.2, 0.25) is 0 Å². The summed E-state index contributed by atoms with van der Waals surface area (Å²) in [6.07, 6.45) is 0.764. The fourth-order valence-corrected chi connectivity index (χ4v) is 1.89. The van der Waals surface area contributed by atoms with Gasteiger partial charge in [0.1, 0.15) is 18.2 Å². The van der Waals surface area contributed by atoms with Crippen LogP contribution in [-0.4, -0.2) is 38.3 Å². The summed E-state index contributed by atoms with van der Waals surface area (Å²) >= 11 is 0. The summed E-state index contributed by atoms with van der Waals surface area (Å²) in [6.45, 7) is 1.72. The lowest BCUT2D eigenvalue weighted by molar-refractivity contribution is 0.0925. The van der Waals surface area contributed by atoms with Crippen LogP contribution in [0.5, 0.6) is 5.75 Å². The normalized spacial score (nSPS) is 17.4. The van der Waals surface area contributed by atoms with E-state index in [0.29, 0.717) is 25.5 Å². The maximum absolute atomic E-state index is 13.3. The molecule has 5 nitrogen and oxygen atoms in total. The number of hydrogen-bond donors (Lipinski definition) is 2. The molecule has 112 valence electrons. The van der Waals surface area contributed by atoms with Crippen LogP contribution in [0.4, 0.5) is 4.39 Å². The molecular weight excluding hydrogens is 287 g/mol. The first kappa shape index (κ1) is 16.7. The number of nitrogens with two attached hydrogens (primary N) is 1. The highest BCUT2D eigenvalue weighted by atomic mass is 35.5. The third-order valence-electron chi connectivity index (χ3n) is 2.83. The molecule has 1 saturated heterocycles. The summed E-state index contributed by atoms with van der Waals surface area (Å²) in [7, 11) is 0. The van der Waals surface area contributed by atoms with Crippen LogP contribution in [0.3, 0.4) is 0 Å². The smallest absolute Gasteiger partial charge is 0.255 e. The Morgan fingerprint density at radius 3 is 3.00 bits per heavy atom. The highest BCUT2D eigenvalue weighted by Gasteiger charge is 2.21. The molecule has 20 heavy (non-hydrogen) atoms. The molecule has 1 fully saturated rings. The van der Waals surface area contributed by atoms with Crippen molar-refractivity contribution in [2.24, 2.45) is 5.73 Å². The molecule has 1 heterocycles. The molecule has 1 atom stereocenters. The average Bonchev–Trinajstić information content (AvgIpc) is 2.90. The Hall–Kier alpha value is -1.37. The monoisotopic (exact) mass is 304 g/mol. The first-order chi connectivity index (χ1) is 9.20. The molecule has 1 aliphatic rings. The minimum Gasteiger partial charge on any atom is -0.491 e. The minimum absolute atomic E-state index is 0. The molecule has 0 saturated carbocycles. The van der Waals surface area contributed by atoms with Crippen molar-refractivity contribution >= 4 is 18.3 Å². The van der Waals surface area contributed by atoms with E-state index in [4.69, 9.17) is 15.2 Å². The zero-order chi connectivity index (χ0) is 13.7. The van der Waals surface area contributed by atoms with E-state index in [0.717, 1.165) is 12.5 Å². The van der Waals surface area contributed by atoms with Gasteiger partial charge in [0, 0.05) is 13.2 Å². The maximum atomic E-state index is 13.3. The van der Waals surface area contributed by atoms with Gasteiger partial charge in [0.05, 0.1) is 18.2 Å². The van der Waals surface area contributed by atoms with Gasteiger partial charge >= 0.3 is 0 Å². The van der Waals surface area contributed by atoms with Crippen LogP contribution in [0.1, 0.15) is 16.8 Å². The summed E-state index contributed by atoms with van der Waals surface area (Å²) in [5.74, 6) is -0.502. The molecule has 1 aromatic rings. The van der Waals surface area contributed by atoms with Crippen molar-refractivity contribution in [2.45, 2.75) is 12.5 Å². The number of nitrogens with one attached hydrogen (secondary N) is 1. The van der Waals surface area contributed by atoms with E-state index in [1.54, 1.807) is 0 Å². The van der Waals surface area contributed by atoms with E-state index >= 15 is 0 Å². The van der Waals surface area contributed by atoms with Gasteiger partial charge in [-0.3, -0.25) is 4.79 Å². The van der Waals surface area contributed by atoms with Crippen molar-refractivity contribution in [2.75, 3.05) is 26.4 Å². The SMILES string of the molecule is Cl.NCCOc1ccc(F)cc1C(=O)NC1CCOC1. The molecule has 7 heteroatoms. The number of halogens is 2. The van der Waals surface area contributed by atoms with Crippen molar-refractivity contribution < 1.29 is 18.7 Å². The predicted octanol–water partition coefficient (Wildman–Crippen LogP) is 1.10. The molecule has 0 bridgehead atoms. The van der Waals surface area contributed by atoms with Gasteiger partial charge in [-0.2, -0.15) is 0 Å². The molecule has 2 rings (SSSR count). The van der Waals surface area contributed by atoms with Crippen molar-refractivity contribution in [1.82, 2.24) is 5.32 Å². The quantitative estimate of drug-likeness (QED) is 0.854. The molecule has 0 radical (unpaired) electrons. The number of benzene rings is 1. The summed E-state index contributed by atoms with van der Waals surface area (Å²) < 4.78 is 23.8. The van der Waals surface area contributed by atoms with Gasteiger partial charge in [0.2, 0.25) is 0 Å². The number of hydrogen-bond acceptors (Lipinski definition) is 4. The van der Waals surface area contributed by atoms with Crippen LogP contribution < -0.4 is 15.8 Å². The molecule has 1 amide bonds. The van der Waals surface area contributed by atoms with E-state index in [1.165, 1.54) is 12.1 Å². The fraction of sp³-hybridized carbons (Fsp3) is 0.462. The fourth-order valence-electron chi connectivity index (χ4n) is 1.89. The standard InChI is InChI=1S/C13H17FN2O3.ClH/c14-9-1-2-12(19-6-4-15)11(7-9)13(17)16-10-3-5-18-8-10;/h1-2,7,10H,3-6,8,15H2,(H,16,17);1H. The first-order valence-corrected chi connectivity index (χ1v) is 6.21. The molecule has 1 aromatic carbocycles. The van der Waals surface area contributed by atoms with Crippen molar-refractivity contribution in [3.05, 3.63) is 29.6 Å². The lowest BCUT2D eigenvalue weighted by Gasteiger charge is -2.14. The third-order valence-corrected chi connectivity index (χ3v) is 2.83. The van der Waals surface area contributed by atoms with E-state index in [1.807, 2.05) is 0 Å². The maximum Gasteiger partial charge on any atom is 0.255 e. The molecule has 1 aliphatic heterocycles. The average molecular weight is 305 g/mol. The number of carbonyl (C=O) groups excluding carboxylic acids is 1. The second-order valence-corrected chi connectivity index (χ2v) is 4.31. The Morgan fingerprint density at radius 1 is 1.55 bits per heavy atom. The van der Waals surface area contributed by atoms with E-state index in [2.05, 4.69) is 5.32 Å². The number of rotatable bonds is 5. The molecule has 1 unspecified atom stereocenters. The van der Waals surface area contributed by atoms with Gasteiger partial charge in [0.25, 0.3) is 5.91 Å². The topological polar surface area (TPSA) is 73.6 Å². The van der Waals surface area contributed by atoms with Gasteiger partial charge in [-0.05, 0) is 24.6 Å².